The van der Waals surface area contributed by atoms with Gasteiger partial charge in [0.15, 0.2) is 0 Å². The molecule has 0 heterocycles. The lowest BCUT2D eigenvalue weighted by molar-refractivity contribution is -0.145. The molecule has 2 atom stereocenters. The minimum atomic E-state index is -0.464. The lowest BCUT2D eigenvalue weighted by atomic mass is 10.0. The van der Waals surface area contributed by atoms with Crippen LogP contribution in [0.2, 0.25) is 0 Å². The molecule has 3 nitrogen and oxygen atoms in total. The zero-order valence-electron chi connectivity index (χ0n) is 12.0. The summed E-state index contributed by atoms with van der Waals surface area (Å²) in [6.45, 7) is 7.81. The number of rotatable bonds is 7. The van der Waals surface area contributed by atoms with Crippen molar-refractivity contribution in [1.29, 1.82) is 0 Å². The van der Waals surface area contributed by atoms with E-state index in [0.29, 0.717) is 18.0 Å². The van der Waals surface area contributed by atoms with Gasteiger partial charge in [-0.3, -0.25) is 4.79 Å². The summed E-state index contributed by atoms with van der Waals surface area (Å²) in [6, 6.07) is 10.0. The number of hydrogen-bond donors (Lipinski definition) is 1. The van der Waals surface area contributed by atoms with E-state index < -0.39 is 5.92 Å². The van der Waals surface area contributed by atoms with E-state index in [9.17, 15) is 4.79 Å². The van der Waals surface area contributed by atoms with Crippen LogP contribution in [0.5, 0.6) is 0 Å². The molecule has 1 rings (SSSR count). The highest BCUT2D eigenvalue weighted by Crippen LogP contribution is 2.15. The Balaban J connectivity index is 2.70. The lowest BCUT2D eigenvalue weighted by Gasteiger charge is -2.21. The van der Waals surface area contributed by atoms with Crippen molar-refractivity contribution < 1.29 is 9.53 Å². The molecular formula is C16H21NO2S. The Morgan fingerprint density at radius 1 is 1.45 bits per heavy atom. The van der Waals surface area contributed by atoms with Crippen LogP contribution in [0.25, 0.3) is 0 Å². The molecule has 1 aromatic rings. The van der Waals surface area contributed by atoms with Crippen LogP contribution in [-0.2, 0) is 9.53 Å². The number of ether oxygens (including phenoxy) is 1. The fourth-order valence-electron chi connectivity index (χ4n) is 1.86. The van der Waals surface area contributed by atoms with Gasteiger partial charge in [0.25, 0.3) is 0 Å². The molecule has 0 saturated heterocycles. The molecule has 20 heavy (non-hydrogen) atoms. The quantitative estimate of drug-likeness (QED) is 0.474. The number of esters is 1. The largest absolute Gasteiger partial charge is 0.465 e. The highest BCUT2D eigenvalue weighted by molar-refractivity contribution is 7.80. The fourth-order valence-corrected chi connectivity index (χ4v) is 2.23. The molecule has 0 radical (unpaired) electrons. The predicted molar refractivity (Wildman–Crippen MR) is 85.5 cm³/mol. The van der Waals surface area contributed by atoms with E-state index in [1.54, 1.807) is 13.0 Å². The molecule has 0 bridgehead atoms. The number of nitrogens with one attached hydrogen (secondary N) is 1. The maximum atomic E-state index is 11.9. The number of carbonyl (C=O) groups is 1. The standard InChI is InChI=1S/C16H21NO2S/c1-4-9-14(16(18)19-5-2)15(20)17-12(3)13-10-7-6-8-11-13/h4,6-8,10-12,14H,1,5,9H2,2-3H3,(H,17,20)/t12-,14+/m1/s1. The normalized spacial score (nSPS) is 13.1. The average Bonchev–Trinajstić information content (AvgIpc) is 2.45. The zero-order valence-corrected chi connectivity index (χ0v) is 12.8. The van der Waals surface area contributed by atoms with Crippen molar-refractivity contribution >= 4 is 23.2 Å². The van der Waals surface area contributed by atoms with Crippen molar-refractivity contribution in [3.63, 3.8) is 0 Å². The summed E-state index contributed by atoms with van der Waals surface area (Å²) >= 11 is 5.35. The van der Waals surface area contributed by atoms with Gasteiger partial charge in [0.05, 0.1) is 11.6 Å². The maximum absolute atomic E-state index is 11.9. The summed E-state index contributed by atoms with van der Waals surface area (Å²) in [6.07, 6.45) is 2.16. The number of hydrogen-bond acceptors (Lipinski definition) is 3. The van der Waals surface area contributed by atoms with Gasteiger partial charge < -0.3 is 10.1 Å². The van der Waals surface area contributed by atoms with Gasteiger partial charge in [0, 0.05) is 6.04 Å². The molecule has 0 amide bonds. The molecule has 1 aromatic carbocycles. The first kappa shape index (κ1) is 16.4. The highest BCUT2D eigenvalue weighted by Gasteiger charge is 2.24. The van der Waals surface area contributed by atoms with Gasteiger partial charge in [-0.2, -0.15) is 0 Å². The molecular weight excluding hydrogens is 270 g/mol. The van der Waals surface area contributed by atoms with Crippen LogP contribution >= 0.6 is 12.2 Å². The van der Waals surface area contributed by atoms with Gasteiger partial charge in [-0.05, 0) is 25.8 Å². The molecule has 0 fully saturated rings. The van der Waals surface area contributed by atoms with Crippen molar-refractivity contribution in [2.75, 3.05) is 6.61 Å². The summed E-state index contributed by atoms with van der Waals surface area (Å²) < 4.78 is 5.05. The molecule has 4 heteroatoms. The average molecular weight is 291 g/mol. The van der Waals surface area contributed by atoms with Gasteiger partial charge >= 0.3 is 5.97 Å². The van der Waals surface area contributed by atoms with E-state index >= 15 is 0 Å². The summed E-state index contributed by atoms with van der Waals surface area (Å²) in [5.41, 5.74) is 1.12. The Morgan fingerprint density at radius 3 is 2.65 bits per heavy atom. The molecule has 0 spiro atoms. The van der Waals surface area contributed by atoms with Gasteiger partial charge in [0.1, 0.15) is 5.92 Å². The van der Waals surface area contributed by atoms with E-state index in [2.05, 4.69) is 11.9 Å². The monoisotopic (exact) mass is 291 g/mol. The van der Waals surface area contributed by atoms with Crippen LogP contribution in [0.1, 0.15) is 31.9 Å². The first-order valence-electron chi connectivity index (χ1n) is 6.73. The summed E-state index contributed by atoms with van der Waals surface area (Å²) in [5.74, 6) is -0.765. The second-order valence-corrected chi connectivity index (χ2v) is 4.91. The second-order valence-electron chi connectivity index (χ2n) is 4.47. The molecule has 1 N–H and O–H groups in total. The van der Waals surface area contributed by atoms with E-state index in [0.717, 1.165) is 5.56 Å². The molecule has 0 unspecified atom stereocenters. The summed E-state index contributed by atoms with van der Waals surface area (Å²) in [4.78, 5) is 12.4. The Labute approximate surface area is 126 Å². The van der Waals surface area contributed by atoms with E-state index in [1.807, 2.05) is 37.3 Å². The molecule has 0 aliphatic heterocycles. The van der Waals surface area contributed by atoms with Gasteiger partial charge in [0.2, 0.25) is 0 Å². The van der Waals surface area contributed by atoms with Gasteiger partial charge in [-0.15, -0.1) is 6.58 Å². The Bertz CT molecular complexity index is 459. The zero-order chi connectivity index (χ0) is 15.0. The molecule has 0 aliphatic rings. The van der Waals surface area contributed by atoms with Gasteiger partial charge in [-0.1, -0.05) is 48.6 Å². The number of carbonyl (C=O) groups excluding carboxylic acids is 1. The SMILES string of the molecule is C=CC[C@H](C(=O)OCC)C(=S)N[C@H](C)c1ccccc1. The number of allylic oxidation sites excluding steroid dienone is 1. The van der Waals surface area contributed by atoms with Crippen molar-refractivity contribution in [3.8, 4) is 0 Å². The first-order chi connectivity index (χ1) is 9.60. The topological polar surface area (TPSA) is 38.3 Å². The minimum absolute atomic E-state index is 0.0467. The van der Waals surface area contributed by atoms with Crippen molar-refractivity contribution in [2.45, 2.75) is 26.3 Å². The number of benzene rings is 1. The van der Waals surface area contributed by atoms with Crippen LogP contribution in [-0.4, -0.2) is 17.6 Å². The van der Waals surface area contributed by atoms with Crippen molar-refractivity contribution in [2.24, 2.45) is 5.92 Å². The third-order valence-electron chi connectivity index (χ3n) is 2.95. The van der Waals surface area contributed by atoms with E-state index in [4.69, 9.17) is 17.0 Å². The van der Waals surface area contributed by atoms with E-state index in [-0.39, 0.29) is 12.0 Å². The Hall–Kier alpha value is -1.68. The predicted octanol–water partition coefficient (Wildman–Crippen LogP) is 3.42. The second kappa shape index (κ2) is 8.48. The van der Waals surface area contributed by atoms with Gasteiger partial charge in [-0.25, -0.2) is 0 Å². The molecule has 0 aliphatic carbocycles. The number of thiocarbonyl (C=S) groups is 1. The van der Waals surface area contributed by atoms with Crippen LogP contribution < -0.4 is 5.32 Å². The van der Waals surface area contributed by atoms with Crippen molar-refractivity contribution in [1.82, 2.24) is 5.32 Å². The minimum Gasteiger partial charge on any atom is -0.465 e. The molecule has 0 saturated carbocycles. The third kappa shape index (κ3) is 4.78. The van der Waals surface area contributed by atoms with Crippen LogP contribution in [0.4, 0.5) is 0 Å². The Kier molecular flexibility index (Phi) is 6.94. The molecule has 108 valence electrons. The van der Waals surface area contributed by atoms with Crippen LogP contribution in [0, 0.1) is 5.92 Å². The van der Waals surface area contributed by atoms with Crippen LogP contribution in [0.3, 0.4) is 0 Å². The van der Waals surface area contributed by atoms with E-state index in [1.165, 1.54) is 0 Å². The summed E-state index contributed by atoms with van der Waals surface area (Å²) in [5, 5.41) is 3.20. The lowest BCUT2D eigenvalue weighted by Crippen LogP contribution is -2.36. The Morgan fingerprint density at radius 2 is 2.10 bits per heavy atom. The fraction of sp³-hybridized carbons (Fsp3) is 0.375. The molecule has 0 aromatic heterocycles. The van der Waals surface area contributed by atoms with Crippen LogP contribution in [0.15, 0.2) is 43.0 Å². The van der Waals surface area contributed by atoms with Crippen molar-refractivity contribution in [3.05, 3.63) is 48.6 Å². The summed E-state index contributed by atoms with van der Waals surface area (Å²) in [7, 11) is 0. The third-order valence-corrected chi connectivity index (χ3v) is 3.35. The highest BCUT2D eigenvalue weighted by atomic mass is 32.1. The maximum Gasteiger partial charge on any atom is 0.316 e. The smallest absolute Gasteiger partial charge is 0.316 e. The first-order valence-corrected chi connectivity index (χ1v) is 7.13.